The summed E-state index contributed by atoms with van der Waals surface area (Å²) in [4.78, 5) is 2.77. The Bertz CT molecular complexity index is 217. The molecule has 1 heterocycles. The topological polar surface area (TPSA) is 29.3 Å². The van der Waals surface area contributed by atoms with E-state index in [0.717, 1.165) is 30.5 Å². The molecule has 2 heteroatoms. The third-order valence-electron chi connectivity index (χ3n) is 4.68. The van der Waals surface area contributed by atoms with Crippen molar-refractivity contribution in [2.75, 3.05) is 13.1 Å². The van der Waals surface area contributed by atoms with Crippen LogP contribution in [0, 0.1) is 11.8 Å². The van der Waals surface area contributed by atoms with Crippen LogP contribution < -0.4 is 5.73 Å². The number of nitrogens with two attached hydrogens (primary N) is 1. The monoisotopic (exact) mass is 224 g/mol. The number of nitrogens with zero attached hydrogens (tertiary/aromatic N) is 1. The molecule has 0 aromatic heterocycles. The second-order valence-electron chi connectivity index (χ2n) is 6.09. The number of hydrogen-bond donors (Lipinski definition) is 1. The summed E-state index contributed by atoms with van der Waals surface area (Å²) in [5.74, 6) is 1.65. The van der Waals surface area contributed by atoms with Gasteiger partial charge in [-0.2, -0.15) is 0 Å². The van der Waals surface area contributed by atoms with E-state index in [1.807, 2.05) is 0 Å². The molecule has 1 saturated carbocycles. The Morgan fingerprint density at radius 3 is 2.50 bits per heavy atom. The Morgan fingerprint density at radius 1 is 1.12 bits per heavy atom. The Kier molecular flexibility index (Phi) is 4.26. The van der Waals surface area contributed by atoms with Crippen LogP contribution in [0.5, 0.6) is 0 Å². The van der Waals surface area contributed by atoms with Crippen molar-refractivity contribution in [2.24, 2.45) is 17.6 Å². The standard InChI is InChI=1S/C14H28N2/c1-11-8-12(2)16(10-11)14-7-5-3-4-6-13(14)9-15/h11-14H,3-10,15H2,1-2H3. The van der Waals surface area contributed by atoms with Crippen molar-refractivity contribution in [1.29, 1.82) is 0 Å². The maximum Gasteiger partial charge on any atom is 0.0138 e. The molecule has 4 unspecified atom stereocenters. The van der Waals surface area contributed by atoms with Gasteiger partial charge in [-0.25, -0.2) is 0 Å². The van der Waals surface area contributed by atoms with Crippen molar-refractivity contribution < 1.29 is 0 Å². The summed E-state index contributed by atoms with van der Waals surface area (Å²) in [6.07, 6.45) is 8.37. The molecule has 1 saturated heterocycles. The fraction of sp³-hybridized carbons (Fsp3) is 1.00. The first kappa shape index (κ1) is 12.4. The molecular formula is C14H28N2. The summed E-state index contributed by atoms with van der Waals surface area (Å²) < 4.78 is 0. The average Bonchev–Trinajstić information content (AvgIpc) is 2.51. The van der Waals surface area contributed by atoms with Gasteiger partial charge in [-0.1, -0.05) is 26.2 Å². The minimum atomic E-state index is 0.759. The zero-order chi connectivity index (χ0) is 11.5. The van der Waals surface area contributed by atoms with Crippen molar-refractivity contribution in [1.82, 2.24) is 4.90 Å². The van der Waals surface area contributed by atoms with Crippen molar-refractivity contribution >= 4 is 0 Å². The van der Waals surface area contributed by atoms with Gasteiger partial charge in [0.1, 0.15) is 0 Å². The van der Waals surface area contributed by atoms with Crippen molar-refractivity contribution in [3.05, 3.63) is 0 Å². The zero-order valence-corrected chi connectivity index (χ0v) is 11.0. The molecule has 2 N–H and O–H groups in total. The third kappa shape index (κ3) is 2.60. The highest BCUT2D eigenvalue weighted by atomic mass is 15.2. The Labute approximate surface area is 101 Å². The predicted octanol–water partition coefficient (Wildman–Crippen LogP) is 2.62. The number of likely N-dealkylation sites (tertiary alicyclic amines) is 1. The van der Waals surface area contributed by atoms with Crippen molar-refractivity contribution in [3.8, 4) is 0 Å². The molecule has 2 aliphatic rings. The van der Waals surface area contributed by atoms with Gasteiger partial charge in [0.2, 0.25) is 0 Å². The van der Waals surface area contributed by atoms with Crippen LogP contribution in [0.3, 0.4) is 0 Å². The normalized spacial score (nSPS) is 42.2. The van der Waals surface area contributed by atoms with Crippen LogP contribution in [0.15, 0.2) is 0 Å². The molecule has 0 amide bonds. The second-order valence-corrected chi connectivity index (χ2v) is 6.09. The lowest BCUT2D eigenvalue weighted by Crippen LogP contribution is -2.44. The number of rotatable bonds is 2. The molecule has 0 radical (unpaired) electrons. The van der Waals surface area contributed by atoms with Crippen molar-refractivity contribution in [2.45, 2.75) is 64.5 Å². The minimum Gasteiger partial charge on any atom is -0.330 e. The maximum absolute atomic E-state index is 5.98. The van der Waals surface area contributed by atoms with Gasteiger partial charge >= 0.3 is 0 Å². The van der Waals surface area contributed by atoms with Gasteiger partial charge in [-0.05, 0) is 44.6 Å². The van der Waals surface area contributed by atoms with E-state index < -0.39 is 0 Å². The van der Waals surface area contributed by atoms with Crippen LogP contribution >= 0.6 is 0 Å². The minimum absolute atomic E-state index is 0.759. The van der Waals surface area contributed by atoms with Crippen LogP contribution in [0.2, 0.25) is 0 Å². The second kappa shape index (κ2) is 5.50. The molecule has 16 heavy (non-hydrogen) atoms. The number of hydrogen-bond acceptors (Lipinski definition) is 2. The molecule has 94 valence electrons. The van der Waals surface area contributed by atoms with E-state index in [0.29, 0.717) is 0 Å². The summed E-state index contributed by atoms with van der Waals surface area (Å²) in [6, 6.07) is 1.57. The molecule has 2 fully saturated rings. The first-order chi connectivity index (χ1) is 7.72. The lowest BCUT2D eigenvalue weighted by atomic mass is 9.93. The first-order valence-electron chi connectivity index (χ1n) is 7.18. The molecule has 0 aromatic carbocycles. The van der Waals surface area contributed by atoms with E-state index in [1.54, 1.807) is 0 Å². The van der Waals surface area contributed by atoms with Gasteiger partial charge in [0.15, 0.2) is 0 Å². The third-order valence-corrected chi connectivity index (χ3v) is 4.68. The van der Waals surface area contributed by atoms with Gasteiger partial charge in [0.05, 0.1) is 0 Å². The predicted molar refractivity (Wildman–Crippen MR) is 69.4 cm³/mol. The highest BCUT2D eigenvalue weighted by molar-refractivity contribution is 4.90. The average molecular weight is 224 g/mol. The van der Waals surface area contributed by atoms with Crippen LogP contribution in [-0.2, 0) is 0 Å². The van der Waals surface area contributed by atoms with E-state index in [-0.39, 0.29) is 0 Å². The largest absolute Gasteiger partial charge is 0.330 e. The molecule has 2 nitrogen and oxygen atoms in total. The fourth-order valence-electron chi connectivity index (χ4n) is 3.87. The van der Waals surface area contributed by atoms with E-state index in [4.69, 9.17) is 5.73 Å². The molecular weight excluding hydrogens is 196 g/mol. The lowest BCUT2D eigenvalue weighted by molar-refractivity contribution is 0.127. The summed E-state index contributed by atoms with van der Waals surface area (Å²) in [7, 11) is 0. The molecule has 0 spiro atoms. The van der Waals surface area contributed by atoms with E-state index in [9.17, 15) is 0 Å². The lowest BCUT2D eigenvalue weighted by Gasteiger charge is -2.36. The van der Waals surface area contributed by atoms with Crippen molar-refractivity contribution in [3.63, 3.8) is 0 Å². The Hall–Kier alpha value is -0.0800. The summed E-state index contributed by atoms with van der Waals surface area (Å²) in [5, 5.41) is 0. The van der Waals surface area contributed by atoms with Gasteiger partial charge in [-0.3, -0.25) is 4.90 Å². The molecule has 0 bridgehead atoms. The highest BCUT2D eigenvalue weighted by Gasteiger charge is 2.35. The van der Waals surface area contributed by atoms with Gasteiger partial charge in [0, 0.05) is 18.6 Å². The van der Waals surface area contributed by atoms with Crippen LogP contribution in [0.1, 0.15) is 52.4 Å². The molecule has 1 aliphatic carbocycles. The first-order valence-corrected chi connectivity index (χ1v) is 7.18. The maximum atomic E-state index is 5.98. The molecule has 0 aromatic rings. The quantitative estimate of drug-likeness (QED) is 0.731. The van der Waals surface area contributed by atoms with E-state index in [1.165, 1.54) is 45.1 Å². The summed E-state index contributed by atoms with van der Waals surface area (Å²) in [5.41, 5.74) is 5.98. The van der Waals surface area contributed by atoms with Gasteiger partial charge in [0.25, 0.3) is 0 Å². The summed E-state index contributed by atoms with van der Waals surface area (Å²) in [6.45, 7) is 7.00. The van der Waals surface area contributed by atoms with Crippen LogP contribution in [-0.4, -0.2) is 30.1 Å². The molecule has 2 rings (SSSR count). The van der Waals surface area contributed by atoms with E-state index in [2.05, 4.69) is 18.7 Å². The molecule has 1 aliphatic heterocycles. The van der Waals surface area contributed by atoms with Gasteiger partial charge in [-0.15, -0.1) is 0 Å². The smallest absolute Gasteiger partial charge is 0.0138 e. The SMILES string of the molecule is CC1CC(C)N(C2CCCCCC2CN)C1. The zero-order valence-electron chi connectivity index (χ0n) is 11.0. The Balaban J connectivity index is 2.04. The van der Waals surface area contributed by atoms with E-state index >= 15 is 0 Å². The van der Waals surface area contributed by atoms with Crippen LogP contribution in [0.25, 0.3) is 0 Å². The van der Waals surface area contributed by atoms with Crippen LogP contribution in [0.4, 0.5) is 0 Å². The van der Waals surface area contributed by atoms with Gasteiger partial charge < -0.3 is 5.73 Å². The molecule has 4 atom stereocenters. The summed E-state index contributed by atoms with van der Waals surface area (Å²) >= 11 is 0. The Morgan fingerprint density at radius 2 is 1.88 bits per heavy atom. The fourth-order valence-corrected chi connectivity index (χ4v) is 3.87. The highest BCUT2D eigenvalue weighted by Crippen LogP contribution is 2.33.